The van der Waals surface area contributed by atoms with E-state index in [1.807, 2.05) is 12.1 Å². The van der Waals surface area contributed by atoms with Crippen molar-refractivity contribution in [3.63, 3.8) is 0 Å². The molecule has 96 valence electrons. The lowest BCUT2D eigenvalue weighted by Gasteiger charge is -2.22. The smallest absolute Gasteiger partial charge is 0.134 e. The van der Waals surface area contributed by atoms with Crippen molar-refractivity contribution in [2.75, 3.05) is 0 Å². The molecule has 1 aromatic heterocycles. The Bertz CT molecular complexity index is 523. The van der Waals surface area contributed by atoms with Crippen LogP contribution in [-0.4, -0.2) is 6.04 Å². The van der Waals surface area contributed by atoms with Crippen molar-refractivity contribution in [3.8, 4) is 0 Å². The molecule has 1 heterocycles. The van der Waals surface area contributed by atoms with E-state index in [0.717, 1.165) is 17.9 Å². The highest BCUT2D eigenvalue weighted by Crippen LogP contribution is 2.26. The minimum Gasteiger partial charge on any atom is -0.461 e. The van der Waals surface area contributed by atoms with Gasteiger partial charge in [0.2, 0.25) is 0 Å². The average molecular weight is 243 g/mol. The van der Waals surface area contributed by atoms with E-state index in [-0.39, 0.29) is 0 Å². The normalized spacial score (nSPS) is 17.4. The molecule has 1 fully saturated rings. The van der Waals surface area contributed by atoms with Gasteiger partial charge in [0.15, 0.2) is 0 Å². The molecule has 0 saturated heterocycles. The van der Waals surface area contributed by atoms with Gasteiger partial charge in [0.1, 0.15) is 11.3 Å². The van der Waals surface area contributed by atoms with E-state index in [2.05, 4.69) is 24.4 Å². The summed E-state index contributed by atoms with van der Waals surface area (Å²) in [6, 6.07) is 9.02. The van der Waals surface area contributed by atoms with E-state index in [9.17, 15) is 0 Å². The largest absolute Gasteiger partial charge is 0.461 e. The van der Waals surface area contributed by atoms with E-state index in [1.165, 1.54) is 43.1 Å². The van der Waals surface area contributed by atoms with Crippen LogP contribution in [0.3, 0.4) is 0 Å². The number of aryl methyl sites for hydroxylation is 1. The Morgan fingerprint density at radius 2 is 1.94 bits per heavy atom. The van der Waals surface area contributed by atoms with E-state index in [1.54, 1.807) is 0 Å². The molecule has 2 heteroatoms. The fourth-order valence-corrected chi connectivity index (χ4v) is 2.99. The molecule has 1 aromatic carbocycles. The summed E-state index contributed by atoms with van der Waals surface area (Å²) in [6.07, 6.45) is 6.82. The highest BCUT2D eigenvalue weighted by Gasteiger charge is 2.15. The second-order valence-corrected chi connectivity index (χ2v) is 5.35. The van der Waals surface area contributed by atoms with Crippen LogP contribution in [0.5, 0.6) is 0 Å². The van der Waals surface area contributed by atoms with E-state index < -0.39 is 0 Å². The summed E-state index contributed by atoms with van der Waals surface area (Å²) >= 11 is 0. The summed E-state index contributed by atoms with van der Waals surface area (Å²) in [5, 5.41) is 4.96. The van der Waals surface area contributed by atoms with Gasteiger partial charge in [-0.25, -0.2) is 0 Å². The molecule has 0 radical (unpaired) electrons. The van der Waals surface area contributed by atoms with Crippen molar-refractivity contribution in [1.29, 1.82) is 0 Å². The summed E-state index contributed by atoms with van der Waals surface area (Å²) in [6.45, 7) is 3.01. The third-order valence-electron chi connectivity index (χ3n) is 4.07. The third kappa shape index (κ3) is 2.30. The Morgan fingerprint density at radius 3 is 2.78 bits per heavy atom. The molecule has 18 heavy (non-hydrogen) atoms. The Hall–Kier alpha value is -1.28. The number of fused-ring (bicyclic) bond motifs is 1. The van der Waals surface area contributed by atoms with Crippen LogP contribution in [0.1, 0.15) is 43.4 Å². The van der Waals surface area contributed by atoms with Crippen LogP contribution in [0.25, 0.3) is 11.0 Å². The molecule has 0 bridgehead atoms. The molecule has 1 aliphatic carbocycles. The minimum atomic E-state index is 0.701. The van der Waals surface area contributed by atoms with Gasteiger partial charge in [-0.15, -0.1) is 0 Å². The van der Waals surface area contributed by atoms with Crippen molar-refractivity contribution in [2.45, 2.75) is 51.6 Å². The topological polar surface area (TPSA) is 25.2 Å². The zero-order valence-corrected chi connectivity index (χ0v) is 11.0. The molecule has 0 spiro atoms. The number of para-hydroxylation sites is 1. The summed E-state index contributed by atoms with van der Waals surface area (Å²) < 4.78 is 5.80. The first-order valence-corrected chi connectivity index (χ1v) is 7.05. The molecular weight excluding hydrogens is 222 g/mol. The van der Waals surface area contributed by atoms with Crippen LogP contribution in [0.2, 0.25) is 0 Å². The third-order valence-corrected chi connectivity index (χ3v) is 4.07. The van der Waals surface area contributed by atoms with Gasteiger partial charge in [0.05, 0.1) is 0 Å². The summed E-state index contributed by atoms with van der Waals surface area (Å²) in [5.74, 6) is 1.06. The summed E-state index contributed by atoms with van der Waals surface area (Å²) in [4.78, 5) is 0. The number of hydrogen-bond acceptors (Lipinski definition) is 2. The SMILES string of the molecule is Cc1oc2ccccc2c1CNC1CCCCC1. The predicted molar refractivity (Wildman–Crippen MR) is 74.7 cm³/mol. The molecule has 2 nitrogen and oxygen atoms in total. The lowest BCUT2D eigenvalue weighted by atomic mass is 9.95. The monoisotopic (exact) mass is 243 g/mol. The standard InChI is InChI=1S/C16H21NO/c1-12-15(11-17-13-7-3-2-4-8-13)14-9-5-6-10-16(14)18-12/h5-6,9-10,13,17H,2-4,7-8,11H2,1H3. The van der Waals surface area contributed by atoms with Crippen LogP contribution in [0.15, 0.2) is 28.7 Å². The molecule has 1 saturated carbocycles. The molecule has 2 aromatic rings. The molecule has 1 N–H and O–H groups in total. The van der Waals surface area contributed by atoms with Gasteiger partial charge in [-0.3, -0.25) is 0 Å². The first kappa shape index (κ1) is 11.8. The highest BCUT2D eigenvalue weighted by molar-refractivity contribution is 5.82. The summed E-state index contributed by atoms with van der Waals surface area (Å²) in [7, 11) is 0. The quantitative estimate of drug-likeness (QED) is 0.875. The van der Waals surface area contributed by atoms with Gasteiger partial charge in [-0.05, 0) is 25.8 Å². The van der Waals surface area contributed by atoms with Crippen LogP contribution >= 0.6 is 0 Å². The lowest BCUT2D eigenvalue weighted by Crippen LogP contribution is -2.30. The molecule has 1 aliphatic rings. The Morgan fingerprint density at radius 1 is 1.17 bits per heavy atom. The first-order chi connectivity index (χ1) is 8.84. The zero-order chi connectivity index (χ0) is 12.4. The number of furan rings is 1. The predicted octanol–water partition coefficient (Wildman–Crippen LogP) is 4.16. The van der Waals surface area contributed by atoms with Crippen LogP contribution in [-0.2, 0) is 6.54 Å². The maximum atomic E-state index is 5.80. The number of benzene rings is 1. The molecule has 0 amide bonds. The van der Waals surface area contributed by atoms with Gasteiger partial charge in [0.25, 0.3) is 0 Å². The number of rotatable bonds is 3. The van der Waals surface area contributed by atoms with Gasteiger partial charge in [-0.1, -0.05) is 37.5 Å². The molecule has 3 rings (SSSR count). The minimum absolute atomic E-state index is 0.701. The van der Waals surface area contributed by atoms with Crippen molar-refractivity contribution in [2.24, 2.45) is 0 Å². The summed E-state index contributed by atoms with van der Waals surface area (Å²) in [5.41, 5.74) is 2.34. The molecule has 0 atom stereocenters. The second kappa shape index (κ2) is 5.15. The Balaban J connectivity index is 1.75. The van der Waals surface area contributed by atoms with Crippen molar-refractivity contribution in [1.82, 2.24) is 5.32 Å². The Kier molecular flexibility index (Phi) is 3.37. The van der Waals surface area contributed by atoms with E-state index >= 15 is 0 Å². The molecule has 0 aliphatic heterocycles. The fourth-order valence-electron chi connectivity index (χ4n) is 2.99. The maximum absolute atomic E-state index is 5.80. The lowest BCUT2D eigenvalue weighted by molar-refractivity contribution is 0.371. The molecular formula is C16H21NO. The fraction of sp³-hybridized carbons (Fsp3) is 0.500. The maximum Gasteiger partial charge on any atom is 0.134 e. The van der Waals surface area contributed by atoms with Gasteiger partial charge in [0, 0.05) is 23.5 Å². The van der Waals surface area contributed by atoms with Crippen molar-refractivity contribution >= 4 is 11.0 Å². The van der Waals surface area contributed by atoms with Gasteiger partial charge in [-0.2, -0.15) is 0 Å². The van der Waals surface area contributed by atoms with Crippen molar-refractivity contribution < 1.29 is 4.42 Å². The van der Waals surface area contributed by atoms with E-state index in [4.69, 9.17) is 4.42 Å². The molecule has 0 unspecified atom stereocenters. The van der Waals surface area contributed by atoms with Crippen LogP contribution < -0.4 is 5.32 Å². The number of nitrogens with one attached hydrogen (secondary N) is 1. The van der Waals surface area contributed by atoms with Crippen molar-refractivity contribution in [3.05, 3.63) is 35.6 Å². The Labute approximate surface area is 108 Å². The highest BCUT2D eigenvalue weighted by atomic mass is 16.3. The van der Waals surface area contributed by atoms with Gasteiger partial charge >= 0.3 is 0 Å². The zero-order valence-electron chi connectivity index (χ0n) is 11.0. The van der Waals surface area contributed by atoms with Crippen LogP contribution in [0, 0.1) is 6.92 Å². The van der Waals surface area contributed by atoms with Crippen LogP contribution in [0.4, 0.5) is 0 Å². The number of hydrogen-bond donors (Lipinski definition) is 1. The second-order valence-electron chi connectivity index (χ2n) is 5.35. The average Bonchev–Trinajstić information content (AvgIpc) is 2.73. The first-order valence-electron chi connectivity index (χ1n) is 7.05. The van der Waals surface area contributed by atoms with Gasteiger partial charge < -0.3 is 9.73 Å². The van der Waals surface area contributed by atoms with E-state index in [0.29, 0.717) is 6.04 Å².